The molecule has 3 atom stereocenters. The maximum absolute atomic E-state index is 16.3. The molecule has 7 rings (SSSR count). The molecule has 1 saturated carbocycles. The molecule has 4 aliphatic rings. The summed E-state index contributed by atoms with van der Waals surface area (Å²) in [5.74, 6) is -2.53. The summed E-state index contributed by atoms with van der Waals surface area (Å²) in [5.41, 5.74) is -1.43. The predicted octanol–water partition coefficient (Wildman–Crippen LogP) is 6.47. The van der Waals surface area contributed by atoms with E-state index in [0.29, 0.717) is 13.1 Å². The van der Waals surface area contributed by atoms with Crippen LogP contribution < -0.4 is 15.5 Å². The highest BCUT2D eigenvalue weighted by Crippen LogP contribution is 2.52. The summed E-state index contributed by atoms with van der Waals surface area (Å²) < 4.78 is 92.7. The van der Waals surface area contributed by atoms with Crippen LogP contribution in [0.2, 0.25) is 0 Å². The highest BCUT2D eigenvalue weighted by Gasteiger charge is 2.54. The molecule has 0 spiro atoms. The van der Waals surface area contributed by atoms with Crippen molar-refractivity contribution >= 4 is 33.2 Å². The molecule has 57 heavy (non-hydrogen) atoms. The van der Waals surface area contributed by atoms with Gasteiger partial charge in [-0.05, 0) is 130 Å². The minimum Gasteiger partial charge on any atom is -0.453 e. The van der Waals surface area contributed by atoms with Gasteiger partial charge in [0, 0.05) is 24.5 Å². The van der Waals surface area contributed by atoms with Crippen LogP contribution in [0, 0.1) is 29.3 Å². The molecule has 15 heteroatoms. The molecule has 0 bridgehead atoms. The van der Waals surface area contributed by atoms with Crippen LogP contribution in [-0.2, 0) is 24.8 Å². The first-order valence-electron chi connectivity index (χ1n) is 19.5. The molecular weight excluding hydrogens is 763 g/mol. The number of carbonyl (C=O) groups excluding carboxylic acids is 2. The Morgan fingerprint density at radius 2 is 1.63 bits per heavy atom. The standard InChI is InChI=1S/C42H49F4N5O5S/c1-3-39(52)47-37-23-32(11-13-34(37)44)57(54,55)31-12-14-38(35(45)22-31)51-25-41(46,26-51)24-50-19-15-28(16-20-50)42(27-49-17-6-18-49,29-7-4-8-30(43)21-29)33-9-5-10-36(33)48-40(53)56-2/h3-4,7-8,11-14,21-23,28,33,36H,1,5-6,9-10,15-20,24-27H2,2H3,(H,47,52)(H,48,53)/t33-,36-,42-/m0/s1. The lowest BCUT2D eigenvalue weighted by molar-refractivity contribution is -0.111. The third kappa shape index (κ3) is 8.28. The Labute approximate surface area is 331 Å². The van der Waals surface area contributed by atoms with E-state index in [4.69, 9.17) is 4.74 Å². The normalized spacial score (nSPS) is 22.5. The number of halogens is 4. The van der Waals surface area contributed by atoms with Gasteiger partial charge < -0.3 is 25.2 Å². The van der Waals surface area contributed by atoms with Crippen molar-refractivity contribution < 1.29 is 40.3 Å². The number of amides is 2. The summed E-state index contributed by atoms with van der Waals surface area (Å²) in [7, 11) is -2.94. The van der Waals surface area contributed by atoms with E-state index in [0.717, 1.165) is 94.1 Å². The van der Waals surface area contributed by atoms with Crippen LogP contribution in [0.15, 0.2) is 83.1 Å². The Morgan fingerprint density at radius 3 is 2.28 bits per heavy atom. The lowest BCUT2D eigenvalue weighted by Crippen LogP contribution is -2.65. The number of nitrogens with one attached hydrogen (secondary N) is 2. The fourth-order valence-corrected chi connectivity index (χ4v) is 10.9. The van der Waals surface area contributed by atoms with Gasteiger partial charge in [-0.15, -0.1) is 0 Å². The summed E-state index contributed by atoms with van der Waals surface area (Å²) in [6, 6.07) is 13.0. The lowest BCUT2D eigenvalue weighted by atomic mass is 9.57. The van der Waals surface area contributed by atoms with Crippen molar-refractivity contribution in [2.75, 3.05) is 69.7 Å². The van der Waals surface area contributed by atoms with Gasteiger partial charge in [0.05, 0.1) is 41.4 Å². The van der Waals surface area contributed by atoms with Crippen LogP contribution in [0.4, 0.5) is 33.7 Å². The van der Waals surface area contributed by atoms with E-state index in [-0.39, 0.29) is 64.5 Å². The number of likely N-dealkylation sites (tertiary alicyclic amines) is 2. The minimum atomic E-state index is -4.30. The van der Waals surface area contributed by atoms with Gasteiger partial charge >= 0.3 is 6.09 Å². The van der Waals surface area contributed by atoms with Gasteiger partial charge in [0.2, 0.25) is 15.7 Å². The molecule has 2 N–H and O–H groups in total. The number of alkyl halides is 1. The number of ether oxygens (including phenoxy) is 1. The van der Waals surface area contributed by atoms with Gasteiger partial charge in [-0.25, -0.2) is 30.8 Å². The Kier molecular flexibility index (Phi) is 11.7. The molecule has 3 aromatic rings. The molecule has 0 radical (unpaired) electrons. The zero-order chi connectivity index (χ0) is 40.5. The minimum absolute atomic E-state index is 0.0534. The number of anilines is 2. The smallest absolute Gasteiger partial charge is 0.407 e. The summed E-state index contributed by atoms with van der Waals surface area (Å²) in [6.45, 7) is 7.21. The fourth-order valence-electron chi connectivity index (χ4n) is 9.65. The van der Waals surface area contributed by atoms with Gasteiger partial charge in [-0.2, -0.15) is 0 Å². The van der Waals surface area contributed by atoms with Crippen molar-refractivity contribution in [1.29, 1.82) is 0 Å². The summed E-state index contributed by atoms with van der Waals surface area (Å²) in [4.78, 5) is 29.5. The SMILES string of the molecule is C=CC(=O)Nc1cc(S(=O)(=O)c2ccc(N3CC(F)(CN4CCC([C@@](CN5CCC5)(c5cccc(F)c5)[C@H]5CCC[C@@H]5NC(=O)OC)CC4)C3)c(F)c2)ccc1F. The monoisotopic (exact) mass is 811 g/mol. The van der Waals surface area contributed by atoms with Crippen molar-refractivity contribution in [3.8, 4) is 0 Å². The Morgan fingerprint density at radius 1 is 0.912 bits per heavy atom. The number of sulfone groups is 1. The molecule has 0 unspecified atom stereocenters. The average Bonchev–Trinajstić information content (AvgIpc) is 3.62. The average molecular weight is 812 g/mol. The number of nitrogens with zero attached hydrogens (tertiary/aromatic N) is 3. The molecule has 4 fully saturated rings. The summed E-state index contributed by atoms with van der Waals surface area (Å²) in [6.07, 6.45) is 5.68. The van der Waals surface area contributed by atoms with Crippen LogP contribution in [0.3, 0.4) is 0 Å². The Hall–Kier alpha value is -4.47. The van der Waals surface area contributed by atoms with Gasteiger partial charge in [-0.3, -0.25) is 9.69 Å². The molecule has 3 heterocycles. The number of methoxy groups -OCH3 is 1. The van der Waals surface area contributed by atoms with Gasteiger partial charge in [0.25, 0.3) is 0 Å². The van der Waals surface area contributed by atoms with Crippen LogP contribution in [0.5, 0.6) is 0 Å². The highest BCUT2D eigenvalue weighted by molar-refractivity contribution is 7.91. The maximum atomic E-state index is 16.3. The molecule has 306 valence electrons. The Balaban J connectivity index is 1.03. The van der Waals surface area contributed by atoms with Crippen molar-refractivity contribution in [2.24, 2.45) is 11.8 Å². The first kappa shape index (κ1) is 40.7. The van der Waals surface area contributed by atoms with Crippen molar-refractivity contribution in [2.45, 2.75) is 65.4 Å². The number of alkyl carbamates (subject to hydrolysis) is 1. The fraction of sp³-hybridized carbons (Fsp3) is 0.476. The first-order chi connectivity index (χ1) is 27.2. The third-order valence-corrected chi connectivity index (χ3v) is 14.2. The molecule has 3 saturated heterocycles. The van der Waals surface area contributed by atoms with Gasteiger partial charge in [0.1, 0.15) is 17.5 Å². The zero-order valence-corrected chi connectivity index (χ0v) is 32.8. The van der Waals surface area contributed by atoms with Crippen molar-refractivity contribution in [3.63, 3.8) is 0 Å². The van der Waals surface area contributed by atoms with Crippen molar-refractivity contribution in [1.82, 2.24) is 15.1 Å². The molecule has 10 nitrogen and oxygen atoms in total. The van der Waals surface area contributed by atoms with Crippen LogP contribution >= 0.6 is 0 Å². The number of hydrogen-bond acceptors (Lipinski definition) is 8. The van der Waals surface area contributed by atoms with E-state index in [9.17, 15) is 26.8 Å². The first-order valence-corrected chi connectivity index (χ1v) is 21.0. The molecule has 0 aromatic heterocycles. The quantitative estimate of drug-likeness (QED) is 0.115. The number of piperidine rings is 1. The van der Waals surface area contributed by atoms with E-state index < -0.39 is 44.6 Å². The second-order valence-corrected chi connectivity index (χ2v) is 17.9. The van der Waals surface area contributed by atoms with E-state index >= 15 is 8.78 Å². The zero-order valence-electron chi connectivity index (χ0n) is 32.0. The number of rotatable bonds is 13. The second kappa shape index (κ2) is 16.4. The molecule has 3 aliphatic heterocycles. The Bertz CT molecular complexity index is 2110. The van der Waals surface area contributed by atoms with E-state index in [1.165, 1.54) is 30.2 Å². The number of hydrogen-bond donors (Lipinski definition) is 2. The van der Waals surface area contributed by atoms with E-state index in [2.05, 4.69) is 27.0 Å². The number of carbonyl (C=O) groups is 2. The van der Waals surface area contributed by atoms with E-state index in [1.807, 2.05) is 6.07 Å². The summed E-state index contributed by atoms with van der Waals surface area (Å²) in [5, 5.41) is 5.31. The van der Waals surface area contributed by atoms with Crippen LogP contribution in [0.1, 0.15) is 44.1 Å². The largest absolute Gasteiger partial charge is 0.453 e. The van der Waals surface area contributed by atoms with E-state index in [1.54, 1.807) is 12.1 Å². The maximum Gasteiger partial charge on any atom is 0.407 e. The van der Waals surface area contributed by atoms with Crippen LogP contribution in [-0.4, -0.2) is 101 Å². The second-order valence-electron chi connectivity index (χ2n) is 16.0. The molecular formula is C42H49F4N5O5S. The van der Waals surface area contributed by atoms with Gasteiger partial charge in [0.15, 0.2) is 5.67 Å². The molecule has 1 aliphatic carbocycles. The molecule has 2 amide bonds. The van der Waals surface area contributed by atoms with Crippen LogP contribution in [0.25, 0.3) is 0 Å². The summed E-state index contributed by atoms with van der Waals surface area (Å²) >= 11 is 0. The topological polar surface area (TPSA) is 111 Å². The highest BCUT2D eigenvalue weighted by atomic mass is 32.2. The lowest BCUT2D eigenvalue weighted by Gasteiger charge is -2.54. The number of benzene rings is 3. The predicted molar refractivity (Wildman–Crippen MR) is 208 cm³/mol. The molecule has 3 aromatic carbocycles. The van der Waals surface area contributed by atoms with Crippen molar-refractivity contribution in [3.05, 3.63) is 96.3 Å². The van der Waals surface area contributed by atoms with Gasteiger partial charge in [-0.1, -0.05) is 25.1 Å². The third-order valence-electron chi connectivity index (χ3n) is 12.5.